The summed E-state index contributed by atoms with van der Waals surface area (Å²) in [4.78, 5) is 12.3. The van der Waals surface area contributed by atoms with Crippen LogP contribution in [0.3, 0.4) is 0 Å². The van der Waals surface area contributed by atoms with Crippen molar-refractivity contribution < 1.29 is 14.6 Å². The average molecular weight is 361 g/mol. The Bertz CT molecular complexity index is 879. The van der Waals surface area contributed by atoms with Gasteiger partial charge >= 0.3 is 5.97 Å². The zero-order chi connectivity index (χ0) is 19.1. The highest BCUT2D eigenvalue weighted by atomic mass is 16.5. The van der Waals surface area contributed by atoms with Gasteiger partial charge in [-0.25, -0.2) is 0 Å². The standard InChI is InChI=1S/C23H23NO3/c24-22(23(26)27-16-18-9-5-2-6-10-18)15-19-11-12-21(25)14-20(19)13-17-7-3-1-4-8-17/h1-12,14,22,25H,13,15-16,24H2/t22-/m0/s1. The lowest BCUT2D eigenvalue weighted by Gasteiger charge is -2.15. The molecule has 4 nitrogen and oxygen atoms in total. The lowest BCUT2D eigenvalue weighted by molar-refractivity contribution is -0.146. The van der Waals surface area contributed by atoms with Crippen molar-refractivity contribution in [1.82, 2.24) is 0 Å². The summed E-state index contributed by atoms with van der Waals surface area (Å²) < 4.78 is 5.33. The predicted octanol–water partition coefficient (Wildman–Crippen LogP) is 3.60. The van der Waals surface area contributed by atoms with Crippen LogP contribution in [0.5, 0.6) is 5.75 Å². The normalized spacial score (nSPS) is 11.7. The fraction of sp³-hybridized carbons (Fsp3) is 0.174. The summed E-state index contributed by atoms with van der Waals surface area (Å²) in [7, 11) is 0. The molecular formula is C23H23NO3. The van der Waals surface area contributed by atoms with E-state index in [-0.39, 0.29) is 12.4 Å². The molecule has 0 fully saturated rings. The Morgan fingerprint density at radius 2 is 1.52 bits per heavy atom. The van der Waals surface area contributed by atoms with E-state index in [1.54, 1.807) is 12.1 Å². The van der Waals surface area contributed by atoms with Crippen LogP contribution in [-0.2, 0) is 29.0 Å². The van der Waals surface area contributed by atoms with Crippen molar-refractivity contribution in [2.45, 2.75) is 25.5 Å². The second kappa shape index (κ2) is 9.01. The highest BCUT2D eigenvalue weighted by Gasteiger charge is 2.18. The van der Waals surface area contributed by atoms with Crippen molar-refractivity contribution in [3.05, 3.63) is 101 Å². The molecule has 0 unspecified atom stereocenters. The molecular weight excluding hydrogens is 338 g/mol. The van der Waals surface area contributed by atoms with E-state index in [1.807, 2.05) is 66.7 Å². The van der Waals surface area contributed by atoms with Crippen LogP contribution in [0.15, 0.2) is 78.9 Å². The van der Waals surface area contributed by atoms with Crippen LogP contribution < -0.4 is 5.73 Å². The number of phenolic OH excluding ortho intramolecular Hbond substituents is 1. The van der Waals surface area contributed by atoms with Gasteiger partial charge in [-0.15, -0.1) is 0 Å². The third-order valence-electron chi connectivity index (χ3n) is 4.39. The maximum Gasteiger partial charge on any atom is 0.323 e. The van der Waals surface area contributed by atoms with Gasteiger partial charge in [-0.3, -0.25) is 4.79 Å². The number of ether oxygens (including phenoxy) is 1. The van der Waals surface area contributed by atoms with Crippen molar-refractivity contribution in [2.24, 2.45) is 5.73 Å². The maximum atomic E-state index is 12.3. The van der Waals surface area contributed by atoms with E-state index >= 15 is 0 Å². The molecule has 0 radical (unpaired) electrons. The summed E-state index contributed by atoms with van der Waals surface area (Å²) in [5.74, 6) is -0.234. The Morgan fingerprint density at radius 1 is 0.889 bits per heavy atom. The average Bonchev–Trinajstić information content (AvgIpc) is 2.69. The number of hydrogen-bond donors (Lipinski definition) is 2. The van der Waals surface area contributed by atoms with E-state index in [0.29, 0.717) is 12.8 Å². The van der Waals surface area contributed by atoms with Gasteiger partial charge < -0.3 is 15.6 Å². The van der Waals surface area contributed by atoms with Crippen LogP contribution in [-0.4, -0.2) is 17.1 Å². The van der Waals surface area contributed by atoms with Gasteiger partial charge in [0.15, 0.2) is 0 Å². The number of hydrogen-bond acceptors (Lipinski definition) is 4. The van der Waals surface area contributed by atoms with Gasteiger partial charge in [0, 0.05) is 0 Å². The van der Waals surface area contributed by atoms with Gasteiger partial charge in [0.25, 0.3) is 0 Å². The molecule has 0 heterocycles. The summed E-state index contributed by atoms with van der Waals surface area (Å²) in [5.41, 5.74) is 10.0. The minimum atomic E-state index is -0.757. The number of carbonyl (C=O) groups is 1. The second-order valence-corrected chi connectivity index (χ2v) is 6.52. The van der Waals surface area contributed by atoms with Crippen LogP contribution >= 0.6 is 0 Å². The molecule has 0 spiro atoms. The SMILES string of the molecule is N[C@@H](Cc1ccc(O)cc1Cc1ccccc1)C(=O)OCc1ccccc1. The Morgan fingerprint density at radius 3 is 2.19 bits per heavy atom. The fourth-order valence-corrected chi connectivity index (χ4v) is 2.95. The molecule has 0 bridgehead atoms. The molecule has 3 aromatic rings. The van der Waals surface area contributed by atoms with Crippen molar-refractivity contribution in [3.8, 4) is 5.75 Å². The number of carbonyl (C=O) groups excluding carboxylic acids is 1. The molecule has 3 aromatic carbocycles. The molecule has 3 N–H and O–H groups in total. The van der Waals surface area contributed by atoms with Crippen LogP contribution in [0.4, 0.5) is 0 Å². The van der Waals surface area contributed by atoms with Crippen LogP contribution in [0.25, 0.3) is 0 Å². The van der Waals surface area contributed by atoms with E-state index in [2.05, 4.69) is 0 Å². The lowest BCUT2D eigenvalue weighted by atomic mass is 9.95. The van der Waals surface area contributed by atoms with Gasteiger partial charge in [0.1, 0.15) is 18.4 Å². The Kier molecular flexibility index (Phi) is 6.23. The third kappa shape index (κ3) is 5.43. The molecule has 0 saturated heterocycles. The highest BCUT2D eigenvalue weighted by molar-refractivity contribution is 5.76. The predicted molar refractivity (Wildman–Crippen MR) is 105 cm³/mol. The van der Waals surface area contributed by atoms with Crippen molar-refractivity contribution in [1.29, 1.82) is 0 Å². The van der Waals surface area contributed by atoms with E-state index in [9.17, 15) is 9.90 Å². The third-order valence-corrected chi connectivity index (χ3v) is 4.39. The molecule has 0 aliphatic carbocycles. The molecule has 0 aliphatic rings. The van der Waals surface area contributed by atoms with Crippen molar-refractivity contribution in [2.75, 3.05) is 0 Å². The fourth-order valence-electron chi connectivity index (χ4n) is 2.95. The molecule has 0 amide bonds. The first kappa shape index (κ1) is 18.7. The molecule has 138 valence electrons. The van der Waals surface area contributed by atoms with Crippen molar-refractivity contribution >= 4 is 5.97 Å². The number of aromatic hydroxyl groups is 1. The second-order valence-electron chi connectivity index (χ2n) is 6.52. The monoisotopic (exact) mass is 361 g/mol. The van der Waals surface area contributed by atoms with E-state index in [0.717, 1.165) is 22.3 Å². The van der Waals surface area contributed by atoms with E-state index in [4.69, 9.17) is 10.5 Å². The molecule has 0 aliphatic heterocycles. The molecule has 27 heavy (non-hydrogen) atoms. The van der Waals surface area contributed by atoms with Crippen LogP contribution in [0.1, 0.15) is 22.3 Å². The topological polar surface area (TPSA) is 72.5 Å². The number of benzene rings is 3. The summed E-state index contributed by atoms with van der Waals surface area (Å²) >= 11 is 0. The number of rotatable bonds is 7. The van der Waals surface area contributed by atoms with Crippen LogP contribution in [0.2, 0.25) is 0 Å². The number of phenols is 1. The summed E-state index contributed by atoms with van der Waals surface area (Å²) in [6, 6.07) is 23.9. The quantitative estimate of drug-likeness (QED) is 0.631. The molecule has 3 rings (SSSR count). The zero-order valence-electron chi connectivity index (χ0n) is 15.0. The van der Waals surface area contributed by atoms with E-state index < -0.39 is 12.0 Å². The smallest absolute Gasteiger partial charge is 0.323 e. The Balaban J connectivity index is 1.66. The molecule has 0 aromatic heterocycles. The Labute approximate surface area is 159 Å². The summed E-state index contributed by atoms with van der Waals surface area (Å²) in [5, 5.41) is 9.85. The summed E-state index contributed by atoms with van der Waals surface area (Å²) in [6.45, 7) is 0.208. The first-order valence-electron chi connectivity index (χ1n) is 8.92. The lowest BCUT2D eigenvalue weighted by Crippen LogP contribution is -2.34. The molecule has 1 atom stereocenters. The van der Waals surface area contributed by atoms with Gasteiger partial charge in [0.05, 0.1) is 0 Å². The largest absolute Gasteiger partial charge is 0.508 e. The van der Waals surface area contributed by atoms with Gasteiger partial charge in [-0.2, -0.15) is 0 Å². The highest BCUT2D eigenvalue weighted by Crippen LogP contribution is 2.21. The first-order valence-corrected chi connectivity index (χ1v) is 8.92. The molecule has 0 saturated carbocycles. The minimum absolute atomic E-state index is 0.199. The van der Waals surface area contributed by atoms with E-state index in [1.165, 1.54) is 0 Å². The zero-order valence-corrected chi connectivity index (χ0v) is 15.0. The number of nitrogens with two attached hydrogens (primary N) is 1. The number of esters is 1. The van der Waals surface area contributed by atoms with Gasteiger partial charge in [-0.1, -0.05) is 66.7 Å². The van der Waals surface area contributed by atoms with Gasteiger partial charge in [-0.05, 0) is 47.2 Å². The molecule has 4 heteroatoms. The Hall–Kier alpha value is -3.11. The maximum absolute atomic E-state index is 12.3. The minimum Gasteiger partial charge on any atom is -0.508 e. The van der Waals surface area contributed by atoms with Crippen molar-refractivity contribution in [3.63, 3.8) is 0 Å². The summed E-state index contributed by atoms with van der Waals surface area (Å²) in [6.07, 6.45) is 1.02. The first-order chi connectivity index (χ1) is 13.1. The van der Waals surface area contributed by atoms with Gasteiger partial charge in [0.2, 0.25) is 0 Å². The van der Waals surface area contributed by atoms with Crippen LogP contribution in [0, 0.1) is 0 Å².